The minimum Gasteiger partial charge on any atom is -0.396 e. The standard InChI is InChI=1S/C10H16N4O/c1-2-5-14-6-8(11)9(13-14)10(15)12-7-3-4-7/h6-7H,2-5,11H2,1H3,(H,12,15). The monoisotopic (exact) mass is 208 g/mol. The maximum Gasteiger partial charge on any atom is 0.274 e. The van der Waals surface area contributed by atoms with Crippen molar-refractivity contribution < 1.29 is 4.79 Å². The smallest absolute Gasteiger partial charge is 0.274 e. The predicted octanol–water partition coefficient (Wildman–Crippen LogP) is 0.768. The van der Waals surface area contributed by atoms with Gasteiger partial charge in [-0.3, -0.25) is 9.48 Å². The summed E-state index contributed by atoms with van der Waals surface area (Å²) >= 11 is 0. The molecule has 0 aromatic carbocycles. The highest BCUT2D eigenvalue weighted by Crippen LogP contribution is 2.20. The van der Waals surface area contributed by atoms with Gasteiger partial charge in [0.15, 0.2) is 5.69 Å². The number of hydrogen-bond acceptors (Lipinski definition) is 3. The maximum atomic E-state index is 11.7. The highest BCUT2D eigenvalue weighted by Gasteiger charge is 2.25. The second-order valence-electron chi connectivity index (χ2n) is 3.94. The van der Waals surface area contributed by atoms with Crippen LogP contribution in [0.4, 0.5) is 5.69 Å². The molecule has 0 atom stereocenters. The third-order valence-electron chi connectivity index (χ3n) is 2.37. The number of aryl methyl sites for hydroxylation is 1. The van der Waals surface area contributed by atoms with Crippen LogP contribution in [0.1, 0.15) is 36.7 Å². The van der Waals surface area contributed by atoms with Crippen LogP contribution in [0.15, 0.2) is 6.20 Å². The van der Waals surface area contributed by atoms with Gasteiger partial charge in [-0.25, -0.2) is 0 Å². The van der Waals surface area contributed by atoms with Crippen LogP contribution in [0.5, 0.6) is 0 Å². The molecule has 0 aliphatic heterocycles. The number of amides is 1. The summed E-state index contributed by atoms with van der Waals surface area (Å²) < 4.78 is 1.72. The number of nitrogens with zero attached hydrogens (tertiary/aromatic N) is 2. The fourth-order valence-electron chi connectivity index (χ4n) is 1.44. The van der Waals surface area contributed by atoms with Crippen LogP contribution in [-0.2, 0) is 6.54 Å². The molecular weight excluding hydrogens is 192 g/mol. The van der Waals surface area contributed by atoms with E-state index in [0.717, 1.165) is 25.8 Å². The first-order chi connectivity index (χ1) is 7.20. The van der Waals surface area contributed by atoms with Crippen molar-refractivity contribution in [2.45, 2.75) is 38.8 Å². The van der Waals surface area contributed by atoms with Crippen LogP contribution in [0.3, 0.4) is 0 Å². The molecule has 1 aliphatic carbocycles. The van der Waals surface area contributed by atoms with Crippen LogP contribution in [0, 0.1) is 0 Å². The van der Waals surface area contributed by atoms with Gasteiger partial charge in [0.05, 0.1) is 5.69 Å². The van der Waals surface area contributed by atoms with Gasteiger partial charge in [-0.2, -0.15) is 5.10 Å². The van der Waals surface area contributed by atoms with Crippen LogP contribution in [0.2, 0.25) is 0 Å². The van der Waals surface area contributed by atoms with Crippen LogP contribution in [0.25, 0.3) is 0 Å². The molecule has 15 heavy (non-hydrogen) atoms. The number of anilines is 1. The van der Waals surface area contributed by atoms with Gasteiger partial charge >= 0.3 is 0 Å². The number of carbonyl (C=O) groups excluding carboxylic acids is 1. The summed E-state index contributed by atoms with van der Waals surface area (Å²) in [5, 5.41) is 7.03. The first-order valence-corrected chi connectivity index (χ1v) is 5.34. The van der Waals surface area contributed by atoms with E-state index in [1.165, 1.54) is 0 Å². The van der Waals surface area contributed by atoms with Gasteiger partial charge in [-0.05, 0) is 19.3 Å². The van der Waals surface area contributed by atoms with Crippen molar-refractivity contribution in [2.75, 3.05) is 5.73 Å². The van der Waals surface area contributed by atoms with Crippen molar-refractivity contribution in [1.82, 2.24) is 15.1 Å². The summed E-state index contributed by atoms with van der Waals surface area (Å²) in [4.78, 5) is 11.7. The Morgan fingerprint density at radius 1 is 1.73 bits per heavy atom. The molecule has 3 N–H and O–H groups in total. The molecule has 5 heteroatoms. The summed E-state index contributed by atoms with van der Waals surface area (Å²) in [5.74, 6) is -0.148. The molecule has 1 aliphatic rings. The summed E-state index contributed by atoms with van der Waals surface area (Å²) in [5.41, 5.74) is 6.54. The van der Waals surface area contributed by atoms with Crippen molar-refractivity contribution in [1.29, 1.82) is 0 Å². The number of aromatic nitrogens is 2. The van der Waals surface area contributed by atoms with E-state index in [-0.39, 0.29) is 5.91 Å². The van der Waals surface area contributed by atoms with Crippen LogP contribution < -0.4 is 11.1 Å². The molecule has 2 rings (SSSR count). The van der Waals surface area contributed by atoms with Gasteiger partial charge in [0.25, 0.3) is 5.91 Å². The lowest BCUT2D eigenvalue weighted by molar-refractivity contribution is 0.0946. The first-order valence-electron chi connectivity index (χ1n) is 5.34. The minimum absolute atomic E-state index is 0.148. The summed E-state index contributed by atoms with van der Waals surface area (Å²) in [7, 11) is 0. The van der Waals surface area contributed by atoms with Gasteiger partial charge in [0.2, 0.25) is 0 Å². The molecule has 1 saturated carbocycles. The fourth-order valence-corrected chi connectivity index (χ4v) is 1.44. The van der Waals surface area contributed by atoms with E-state index < -0.39 is 0 Å². The van der Waals surface area contributed by atoms with E-state index in [4.69, 9.17) is 5.73 Å². The summed E-state index contributed by atoms with van der Waals surface area (Å²) in [6.07, 6.45) is 4.83. The lowest BCUT2D eigenvalue weighted by Gasteiger charge is -2.00. The Morgan fingerprint density at radius 2 is 2.47 bits per heavy atom. The molecule has 0 spiro atoms. The number of hydrogen-bond donors (Lipinski definition) is 2. The average molecular weight is 208 g/mol. The molecular formula is C10H16N4O. The molecule has 0 bridgehead atoms. The second-order valence-corrected chi connectivity index (χ2v) is 3.94. The van der Waals surface area contributed by atoms with Gasteiger partial charge < -0.3 is 11.1 Å². The van der Waals surface area contributed by atoms with Crippen molar-refractivity contribution >= 4 is 11.6 Å². The summed E-state index contributed by atoms with van der Waals surface area (Å²) in [6, 6.07) is 0.341. The molecule has 5 nitrogen and oxygen atoms in total. The predicted molar refractivity (Wildman–Crippen MR) is 57.4 cm³/mol. The molecule has 1 heterocycles. The Labute approximate surface area is 88.6 Å². The highest BCUT2D eigenvalue weighted by molar-refractivity contribution is 5.97. The Balaban J connectivity index is 2.08. The molecule has 1 aromatic heterocycles. The van der Waals surface area contributed by atoms with Gasteiger partial charge in [0.1, 0.15) is 0 Å². The van der Waals surface area contributed by atoms with E-state index >= 15 is 0 Å². The zero-order chi connectivity index (χ0) is 10.8. The lowest BCUT2D eigenvalue weighted by Crippen LogP contribution is -2.26. The molecule has 0 saturated heterocycles. The number of nitrogen functional groups attached to an aromatic ring is 1. The SMILES string of the molecule is CCCn1cc(N)c(C(=O)NC2CC2)n1. The zero-order valence-corrected chi connectivity index (χ0v) is 8.86. The number of carbonyl (C=O) groups is 1. The van der Waals surface area contributed by atoms with E-state index in [1.54, 1.807) is 10.9 Å². The van der Waals surface area contributed by atoms with Gasteiger partial charge in [-0.15, -0.1) is 0 Å². The quantitative estimate of drug-likeness (QED) is 0.767. The average Bonchev–Trinajstić information content (AvgIpc) is 2.90. The van der Waals surface area contributed by atoms with E-state index in [2.05, 4.69) is 17.3 Å². The second kappa shape index (κ2) is 3.92. The molecule has 0 unspecified atom stereocenters. The number of nitrogens with one attached hydrogen (secondary N) is 1. The topological polar surface area (TPSA) is 72.9 Å². The van der Waals surface area contributed by atoms with Crippen molar-refractivity contribution in [3.8, 4) is 0 Å². The van der Waals surface area contributed by atoms with Crippen molar-refractivity contribution in [3.63, 3.8) is 0 Å². The van der Waals surface area contributed by atoms with E-state index in [1.807, 2.05) is 0 Å². The number of nitrogens with two attached hydrogens (primary N) is 1. The molecule has 1 aromatic rings. The largest absolute Gasteiger partial charge is 0.396 e. The zero-order valence-electron chi connectivity index (χ0n) is 8.86. The Hall–Kier alpha value is -1.52. The normalized spacial score (nSPS) is 15.3. The van der Waals surface area contributed by atoms with Gasteiger partial charge in [0, 0.05) is 18.8 Å². The van der Waals surface area contributed by atoms with E-state index in [9.17, 15) is 4.79 Å². The van der Waals surface area contributed by atoms with Crippen molar-refractivity contribution in [3.05, 3.63) is 11.9 Å². The maximum absolute atomic E-state index is 11.7. The van der Waals surface area contributed by atoms with Crippen LogP contribution >= 0.6 is 0 Å². The highest BCUT2D eigenvalue weighted by atomic mass is 16.2. The Morgan fingerprint density at radius 3 is 3.07 bits per heavy atom. The fraction of sp³-hybridized carbons (Fsp3) is 0.600. The van der Waals surface area contributed by atoms with Gasteiger partial charge in [-0.1, -0.05) is 6.92 Å². The Kier molecular flexibility index (Phi) is 2.62. The Bertz CT molecular complexity index is 367. The van der Waals surface area contributed by atoms with Crippen molar-refractivity contribution in [2.24, 2.45) is 0 Å². The molecule has 1 amide bonds. The van der Waals surface area contributed by atoms with Crippen LogP contribution in [-0.4, -0.2) is 21.7 Å². The van der Waals surface area contributed by atoms with E-state index in [0.29, 0.717) is 17.4 Å². The minimum atomic E-state index is -0.148. The summed E-state index contributed by atoms with van der Waals surface area (Å²) in [6.45, 7) is 2.85. The lowest BCUT2D eigenvalue weighted by atomic mass is 10.3. The molecule has 0 radical (unpaired) electrons. The number of rotatable bonds is 4. The molecule has 82 valence electrons. The third-order valence-corrected chi connectivity index (χ3v) is 2.37. The third kappa shape index (κ3) is 2.29. The first kappa shape index (κ1) is 10.0. The molecule has 1 fully saturated rings.